The van der Waals surface area contributed by atoms with Crippen LogP contribution in [0.2, 0.25) is 0 Å². The maximum atomic E-state index is 12.4. The lowest BCUT2D eigenvalue weighted by Gasteiger charge is -2.13. The summed E-state index contributed by atoms with van der Waals surface area (Å²) in [6.45, 7) is -0.0897. The maximum Gasteiger partial charge on any atom is 0.573 e. The predicted octanol–water partition coefficient (Wildman–Crippen LogP) is 3.92. The topological polar surface area (TPSA) is 47.6 Å². The monoisotopic (exact) mass is 351 g/mol. The molecule has 0 saturated carbocycles. The molecular weight excluding hydrogens is 335 g/mol. The summed E-state index contributed by atoms with van der Waals surface area (Å²) in [6.07, 6.45) is -1.91. The second-order valence-corrected chi connectivity index (χ2v) is 4.98. The first kappa shape index (κ1) is 18.4. The summed E-state index contributed by atoms with van der Waals surface area (Å²) in [5, 5.41) is 2.52. The Bertz CT molecular complexity index is 757. The fourth-order valence-corrected chi connectivity index (χ4v) is 2.03. The van der Waals surface area contributed by atoms with Crippen LogP contribution in [0.1, 0.15) is 11.1 Å². The number of rotatable bonds is 6. The van der Waals surface area contributed by atoms with Crippen molar-refractivity contribution in [3.63, 3.8) is 0 Å². The first-order valence-corrected chi connectivity index (χ1v) is 7.31. The van der Waals surface area contributed by atoms with Crippen LogP contribution in [0.5, 0.6) is 11.5 Å². The van der Waals surface area contributed by atoms with Gasteiger partial charge in [0.05, 0.1) is 7.11 Å². The Morgan fingerprint density at radius 1 is 1.16 bits per heavy atom. The van der Waals surface area contributed by atoms with E-state index < -0.39 is 12.3 Å². The number of benzene rings is 2. The molecule has 0 fully saturated rings. The number of ether oxygens (including phenoxy) is 2. The molecule has 0 aliphatic carbocycles. The van der Waals surface area contributed by atoms with Crippen molar-refractivity contribution in [1.29, 1.82) is 0 Å². The third-order valence-electron chi connectivity index (χ3n) is 3.17. The van der Waals surface area contributed by atoms with E-state index in [-0.39, 0.29) is 17.9 Å². The number of carbonyl (C=O) groups excluding carboxylic acids is 1. The van der Waals surface area contributed by atoms with Gasteiger partial charge in [-0.15, -0.1) is 13.2 Å². The van der Waals surface area contributed by atoms with Crippen LogP contribution in [0, 0.1) is 0 Å². The van der Waals surface area contributed by atoms with Gasteiger partial charge in [-0.3, -0.25) is 4.79 Å². The molecular formula is C18H16F3NO3. The number of hydrogen-bond acceptors (Lipinski definition) is 3. The highest BCUT2D eigenvalue weighted by molar-refractivity contribution is 5.91. The van der Waals surface area contributed by atoms with Gasteiger partial charge in [0, 0.05) is 18.2 Å². The van der Waals surface area contributed by atoms with Crippen molar-refractivity contribution in [1.82, 2.24) is 5.32 Å². The molecule has 0 saturated heterocycles. The molecule has 0 unspecified atom stereocenters. The van der Waals surface area contributed by atoms with Gasteiger partial charge in [-0.2, -0.15) is 0 Å². The van der Waals surface area contributed by atoms with E-state index in [1.165, 1.54) is 31.4 Å². The Hall–Kier alpha value is -2.96. The van der Waals surface area contributed by atoms with Crippen LogP contribution < -0.4 is 14.8 Å². The van der Waals surface area contributed by atoms with Crippen molar-refractivity contribution in [2.24, 2.45) is 0 Å². The molecule has 132 valence electrons. The summed E-state index contributed by atoms with van der Waals surface area (Å²) in [5.74, 6) is -0.127. The van der Waals surface area contributed by atoms with Crippen LogP contribution in [-0.2, 0) is 11.3 Å². The standard InChI is InChI=1S/C18H16F3NO3/c1-24-15-7-4-5-13(11-15)9-10-17(23)22-12-14-6-2-3-8-16(14)25-18(19,20)21/h2-11H,12H2,1H3,(H,22,23)/b10-9+. The van der Waals surface area contributed by atoms with Crippen molar-refractivity contribution >= 4 is 12.0 Å². The lowest BCUT2D eigenvalue weighted by molar-refractivity contribution is -0.274. The lowest BCUT2D eigenvalue weighted by Crippen LogP contribution is -2.22. The van der Waals surface area contributed by atoms with Gasteiger partial charge >= 0.3 is 6.36 Å². The van der Waals surface area contributed by atoms with Crippen LogP contribution in [0.4, 0.5) is 13.2 Å². The fraction of sp³-hybridized carbons (Fsp3) is 0.167. The number of hydrogen-bond donors (Lipinski definition) is 1. The molecule has 1 amide bonds. The summed E-state index contributed by atoms with van der Waals surface area (Å²) >= 11 is 0. The van der Waals surface area contributed by atoms with Crippen molar-refractivity contribution in [2.75, 3.05) is 7.11 Å². The Morgan fingerprint density at radius 3 is 2.64 bits per heavy atom. The summed E-state index contributed by atoms with van der Waals surface area (Å²) in [5.41, 5.74) is 0.985. The average Bonchev–Trinajstić information content (AvgIpc) is 2.58. The van der Waals surface area contributed by atoms with Gasteiger partial charge in [0.15, 0.2) is 0 Å². The first-order valence-electron chi connectivity index (χ1n) is 7.31. The second kappa shape index (κ2) is 8.23. The van der Waals surface area contributed by atoms with Gasteiger partial charge in [-0.25, -0.2) is 0 Å². The number of para-hydroxylation sites is 1. The zero-order chi connectivity index (χ0) is 18.3. The van der Waals surface area contributed by atoms with Crippen LogP contribution in [-0.4, -0.2) is 19.4 Å². The fourth-order valence-electron chi connectivity index (χ4n) is 2.03. The molecule has 25 heavy (non-hydrogen) atoms. The zero-order valence-electron chi connectivity index (χ0n) is 13.3. The van der Waals surface area contributed by atoms with Crippen LogP contribution in [0.15, 0.2) is 54.6 Å². The molecule has 0 atom stereocenters. The van der Waals surface area contributed by atoms with E-state index in [9.17, 15) is 18.0 Å². The van der Waals surface area contributed by atoms with E-state index >= 15 is 0 Å². The van der Waals surface area contributed by atoms with E-state index in [1.807, 2.05) is 0 Å². The van der Waals surface area contributed by atoms with Gasteiger partial charge in [0.2, 0.25) is 5.91 Å². The smallest absolute Gasteiger partial charge is 0.497 e. The molecule has 0 aromatic heterocycles. The molecule has 2 aromatic carbocycles. The zero-order valence-corrected chi connectivity index (χ0v) is 13.3. The molecule has 0 aliphatic rings. The van der Waals surface area contributed by atoms with E-state index in [0.29, 0.717) is 5.75 Å². The van der Waals surface area contributed by atoms with E-state index in [1.54, 1.807) is 36.4 Å². The molecule has 4 nitrogen and oxygen atoms in total. The molecule has 0 spiro atoms. The van der Waals surface area contributed by atoms with Crippen LogP contribution in [0.25, 0.3) is 6.08 Å². The largest absolute Gasteiger partial charge is 0.573 e. The first-order chi connectivity index (χ1) is 11.9. The van der Waals surface area contributed by atoms with E-state index in [0.717, 1.165) is 5.56 Å². The van der Waals surface area contributed by atoms with Crippen molar-refractivity contribution in [2.45, 2.75) is 12.9 Å². The normalized spacial score (nSPS) is 11.4. The van der Waals surface area contributed by atoms with Gasteiger partial charge in [-0.05, 0) is 29.8 Å². The van der Waals surface area contributed by atoms with Gasteiger partial charge in [-0.1, -0.05) is 30.3 Å². The molecule has 0 heterocycles. The average molecular weight is 351 g/mol. The lowest BCUT2D eigenvalue weighted by atomic mass is 10.2. The van der Waals surface area contributed by atoms with Gasteiger partial charge < -0.3 is 14.8 Å². The molecule has 0 bridgehead atoms. The third-order valence-corrected chi connectivity index (χ3v) is 3.17. The SMILES string of the molecule is COc1cccc(/C=C/C(=O)NCc2ccccc2OC(F)(F)F)c1. The Balaban J connectivity index is 1.97. The van der Waals surface area contributed by atoms with Crippen LogP contribution >= 0.6 is 0 Å². The summed E-state index contributed by atoms with van der Waals surface area (Å²) in [7, 11) is 1.54. The molecule has 1 N–H and O–H groups in total. The minimum absolute atomic E-state index is 0.0897. The quantitative estimate of drug-likeness (QED) is 0.803. The Morgan fingerprint density at radius 2 is 1.92 bits per heavy atom. The summed E-state index contributed by atoms with van der Waals surface area (Å²) in [4.78, 5) is 11.8. The highest BCUT2D eigenvalue weighted by Crippen LogP contribution is 2.26. The third kappa shape index (κ3) is 6.21. The molecule has 0 radical (unpaired) electrons. The highest BCUT2D eigenvalue weighted by atomic mass is 19.4. The minimum Gasteiger partial charge on any atom is -0.497 e. The molecule has 2 aromatic rings. The summed E-state index contributed by atoms with van der Waals surface area (Å²) < 4.78 is 46.1. The summed E-state index contributed by atoms with van der Waals surface area (Å²) in [6, 6.07) is 12.7. The number of carbonyl (C=O) groups is 1. The minimum atomic E-state index is -4.79. The Kier molecular flexibility index (Phi) is 6.05. The second-order valence-electron chi connectivity index (χ2n) is 4.98. The number of halogens is 3. The number of methoxy groups -OCH3 is 1. The Labute approximate surface area is 142 Å². The molecule has 7 heteroatoms. The van der Waals surface area contributed by atoms with Gasteiger partial charge in [0.25, 0.3) is 0 Å². The molecule has 2 rings (SSSR count). The van der Waals surface area contributed by atoms with E-state index in [4.69, 9.17) is 4.74 Å². The van der Waals surface area contributed by atoms with Crippen molar-refractivity contribution < 1.29 is 27.4 Å². The van der Waals surface area contributed by atoms with E-state index in [2.05, 4.69) is 10.1 Å². The van der Waals surface area contributed by atoms with Gasteiger partial charge in [0.1, 0.15) is 11.5 Å². The number of alkyl halides is 3. The highest BCUT2D eigenvalue weighted by Gasteiger charge is 2.31. The van der Waals surface area contributed by atoms with Crippen molar-refractivity contribution in [3.05, 3.63) is 65.7 Å². The predicted molar refractivity (Wildman–Crippen MR) is 87.0 cm³/mol. The van der Waals surface area contributed by atoms with Crippen LogP contribution in [0.3, 0.4) is 0 Å². The molecule has 0 aliphatic heterocycles. The number of nitrogens with one attached hydrogen (secondary N) is 1. The van der Waals surface area contributed by atoms with Crippen molar-refractivity contribution in [3.8, 4) is 11.5 Å². The maximum absolute atomic E-state index is 12.4. The number of amides is 1.